The van der Waals surface area contributed by atoms with E-state index in [0.29, 0.717) is 12.4 Å². The van der Waals surface area contributed by atoms with Crippen molar-refractivity contribution in [3.63, 3.8) is 0 Å². The first-order chi connectivity index (χ1) is 10.4. The van der Waals surface area contributed by atoms with Crippen LogP contribution in [0.15, 0.2) is 36.7 Å². The average molecular weight is 301 g/mol. The molecule has 116 valence electrons. The largest absolute Gasteiger partial charge is 0.497 e. The maximum absolute atomic E-state index is 10.7. The van der Waals surface area contributed by atoms with Gasteiger partial charge < -0.3 is 15.2 Å². The highest BCUT2D eigenvalue weighted by Crippen LogP contribution is 2.25. The quantitative estimate of drug-likeness (QED) is 0.853. The Bertz CT molecular complexity index is 637. The summed E-state index contributed by atoms with van der Waals surface area (Å²) in [5.74, 6) is 0.284. The topological polar surface area (TPSA) is 84.3 Å². The zero-order valence-corrected chi connectivity index (χ0v) is 12.8. The molecule has 2 rings (SSSR count). The third-order valence-corrected chi connectivity index (χ3v) is 3.45. The van der Waals surface area contributed by atoms with E-state index < -0.39 is 5.97 Å². The molecule has 0 atom stereocenters. The number of ether oxygens (including phenoxy) is 1. The fourth-order valence-corrected chi connectivity index (χ4v) is 1.99. The van der Waals surface area contributed by atoms with Gasteiger partial charge >= 0.3 is 5.97 Å². The minimum Gasteiger partial charge on any atom is -0.497 e. The summed E-state index contributed by atoms with van der Waals surface area (Å²) >= 11 is 0. The van der Waals surface area contributed by atoms with E-state index in [1.807, 2.05) is 24.3 Å². The molecule has 0 aliphatic heterocycles. The molecule has 6 nitrogen and oxygen atoms in total. The summed E-state index contributed by atoms with van der Waals surface area (Å²) in [4.78, 5) is 18.6. The van der Waals surface area contributed by atoms with Crippen LogP contribution in [0.5, 0.6) is 5.75 Å². The predicted octanol–water partition coefficient (Wildman–Crippen LogP) is 2.57. The van der Waals surface area contributed by atoms with Gasteiger partial charge in [-0.15, -0.1) is 0 Å². The molecule has 2 aromatic rings. The fourth-order valence-electron chi connectivity index (χ4n) is 1.99. The molecule has 0 saturated carbocycles. The van der Waals surface area contributed by atoms with E-state index in [0.717, 1.165) is 11.3 Å². The maximum atomic E-state index is 10.7. The summed E-state index contributed by atoms with van der Waals surface area (Å²) in [6, 6.07) is 7.91. The summed E-state index contributed by atoms with van der Waals surface area (Å²) in [6.07, 6.45) is 2.67. The third-order valence-electron chi connectivity index (χ3n) is 3.45. The monoisotopic (exact) mass is 301 g/mol. The molecule has 0 radical (unpaired) electrons. The van der Waals surface area contributed by atoms with Crippen LogP contribution in [0.3, 0.4) is 0 Å². The molecular formula is C16H19N3O3. The molecule has 2 N–H and O–H groups in total. The van der Waals surface area contributed by atoms with Gasteiger partial charge in [0.25, 0.3) is 0 Å². The number of aromatic nitrogens is 2. The number of aromatic carboxylic acids is 1. The van der Waals surface area contributed by atoms with Crippen molar-refractivity contribution in [2.75, 3.05) is 19.0 Å². The zero-order chi connectivity index (χ0) is 16.2. The number of methoxy groups -OCH3 is 1. The van der Waals surface area contributed by atoms with E-state index >= 15 is 0 Å². The molecule has 1 heterocycles. The number of hydrogen-bond donors (Lipinski definition) is 2. The smallest absolute Gasteiger partial charge is 0.356 e. The second kappa shape index (κ2) is 6.43. The fraction of sp³-hybridized carbons (Fsp3) is 0.312. The van der Waals surface area contributed by atoms with E-state index in [9.17, 15) is 4.79 Å². The third kappa shape index (κ3) is 3.72. The predicted molar refractivity (Wildman–Crippen MR) is 83.5 cm³/mol. The standard InChI is InChI=1S/C16H19N3O3/c1-16(2,11-4-6-12(22-3)7-5-11)10-19-14-9-17-13(8-18-14)15(20)21/h4-9H,10H2,1-3H3,(H,18,19)(H,20,21). The molecule has 0 saturated heterocycles. The molecule has 0 aliphatic carbocycles. The number of hydrogen-bond acceptors (Lipinski definition) is 5. The minimum absolute atomic E-state index is 0.0695. The van der Waals surface area contributed by atoms with Crippen molar-refractivity contribution in [1.82, 2.24) is 9.97 Å². The van der Waals surface area contributed by atoms with Crippen molar-refractivity contribution in [2.24, 2.45) is 0 Å². The van der Waals surface area contributed by atoms with Gasteiger partial charge in [-0.3, -0.25) is 0 Å². The van der Waals surface area contributed by atoms with Gasteiger partial charge in [-0.1, -0.05) is 26.0 Å². The van der Waals surface area contributed by atoms with E-state index in [1.165, 1.54) is 12.4 Å². The Morgan fingerprint density at radius 2 is 1.91 bits per heavy atom. The Morgan fingerprint density at radius 3 is 2.41 bits per heavy atom. The van der Waals surface area contributed by atoms with Crippen LogP contribution in [0, 0.1) is 0 Å². The van der Waals surface area contributed by atoms with Crippen LogP contribution < -0.4 is 10.1 Å². The number of nitrogens with one attached hydrogen (secondary N) is 1. The lowest BCUT2D eigenvalue weighted by atomic mass is 9.84. The summed E-state index contributed by atoms with van der Waals surface area (Å²) in [5, 5.41) is 12.0. The van der Waals surface area contributed by atoms with Crippen molar-refractivity contribution in [1.29, 1.82) is 0 Å². The Balaban J connectivity index is 2.03. The number of nitrogens with zero attached hydrogens (tertiary/aromatic N) is 2. The molecule has 1 aromatic carbocycles. The van der Waals surface area contributed by atoms with Crippen molar-refractivity contribution in [3.8, 4) is 5.75 Å². The minimum atomic E-state index is -1.09. The molecule has 0 unspecified atom stereocenters. The Kier molecular flexibility index (Phi) is 4.60. The van der Waals surface area contributed by atoms with Crippen LogP contribution in [-0.2, 0) is 5.41 Å². The van der Waals surface area contributed by atoms with Crippen LogP contribution in [-0.4, -0.2) is 34.7 Å². The van der Waals surface area contributed by atoms with E-state index in [1.54, 1.807) is 7.11 Å². The van der Waals surface area contributed by atoms with Gasteiger partial charge in [0.15, 0.2) is 5.69 Å². The SMILES string of the molecule is COc1ccc(C(C)(C)CNc2cnc(C(=O)O)cn2)cc1. The lowest BCUT2D eigenvalue weighted by Gasteiger charge is -2.26. The molecule has 6 heteroatoms. The summed E-state index contributed by atoms with van der Waals surface area (Å²) in [5.41, 5.74) is 0.968. The number of benzene rings is 1. The Labute approximate surface area is 129 Å². The summed E-state index contributed by atoms with van der Waals surface area (Å²) in [6.45, 7) is 4.86. The highest BCUT2D eigenvalue weighted by molar-refractivity contribution is 5.84. The van der Waals surface area contributed by atoms with Gasteiger partial charge in [0.1, 0.15) is 11.6 Å². The van der Waals surface area contributed by atoms with Crippen LogP contribution in [0.1, 0.15) is 29.9 Å². The zero-order valence-electron chi connectivity index (χ0n) is 12.8. The van der Waals surface area contributed by atoms with Crippen molar-refractivity contribution in [3.05, 3.63) is 47.9 Å². The van der Waals surface area contributed by atoms with E-state index in [-0.39, 0.29) is 11.1 Å². The van der Waals surface area contributed by atoms with Gasteiger partial charge in [0.2, 0.25) is 0 Å². The number of carboxylic acids is 1. The number of anilines is 1. The van der Waals surface area contributed by atoms with Crippen molar-refractivity contribution >= 4 is 11.8 Å². The van der Waals surface area contributed by atoms with Crippen LogP contribution in [0.4, 0.5) is 5.82 Å². The molecule has 0 aliphatic rings. The molecule has 0 fully saturated rings. The van der Waals surface area contributed by atoms with Gasteiger partial charge in [-0.2, -0.15) is 0 Å². The second-order valence-electron chi connectivity index (χ2n) is 5.56. The second-order valence-corrected chi connectivity index (χ2v) is 5.56. The van der Waals surface area contributed by atoms with Crippen LogP contribution in [0.25, 0.3) is 0 Å². The summed E-state index contributed by atoms with van der Waals surface area (Å²) in [7, 11) is 1.64. The summed E-state index contributed by atoms with van der Waals surface area (Å²) < 4.78 is 5.16. The van der Waals surface area contributed by atoms with Gasteiger partial charge in [-0.25, -0.2) is 14.8 Å². The molecular weight excluding hydrogens is 282 g/mol. The van der Waals surface area contributed by atoms with E-state index in [2.05, 4.69) is 29.1 Å². The molecule has 0 amide bonds. The van der Waals surface area contributed by atoms with E-state index in [4.69, 9.17) is 9.84 Å². The van der Waals surface area contributed by atoms with Gasteiger partial charge in [0.05, 0.1) is 19.5 Å². The highest BCUT2D eigenvalue weighted by atomic mass is 16.5. The molecule has 0 bridgehead atoms. The lowest BCUT2D eigenvalue weighted by Crippen LogP contribution is -2.28. The average Bonchev–Trinajstić information content (AvgIpc) is 2.53. The molecule has 22 heavy (non-hydrogen) atoms. The Morgan fingerprint density at radius 1 is 1.23 bits per heavy atom. The first-order valence-electron chi connectivity index (χ1n) is 6.86. The van der Waals surface area contributed by atoms with Crippen molar-refractivity contribution < 1.29 is 14.6 Å². The van der Waals surface area contributed by atoms with Crippen LogP contribution in [0.2, 0.25) is 0 Å². The first-order valence-corrected chi connectivity index (χ1v) is 6.86. The number of rotatable bonds is 6. The Hall–Kier alpha value is -2.63. The normalized spacial score (nSPS) is 11.0. The van der Waals surface area contributed by atoms with Crippen molar-refractivity contribution in [2.45, 2.75) is 19.3 Å². The maximum Gasteiger partial charge on any atom is 0.356 e. The number of carboxylic acid groups (broad SMARTS) is 1. The van der Waals surface area contributed by atoms with Crippen LogP contribution >= 0.6 is 0 Å². The highest BCUT2D eigenvalue weighted by Gasteiger charge is 2.20. The molecule has 0 spiro atoms. The van der Waals surface area contributed by atoms with Gasteiger partial charge in [0, 0.05) is 12.0 Å². The first kappa shape index (κ1) is 15.8. The lowest BCUT2D eigenvalue weighted by molar-refractivity contribution is 0.0690. The number of carbonyl (C=O) groups is 1. The molecule has 1 aromatic heterocycles. The van der Waals surface area contributed by atoms with Gasteiger partial charge in [-0.05, 0) is 17.7 Å².